The average Bonchev–Trinajstić information content (AvgIpc) is 2.66. The van der Waals surface area contributed by atoms with Crippen molar-refractivity contribution in [3.8, 4) is 0 Å². The van der Waals surface area contributed by atoms with Crippen molar-refractivity contribution in [1.82, 2.24) is 0 Å². The third-order valence-corrected chi connectivity index (χ3v) is 5.49. The topological polar surface area (TPSA) is 34.1 Å². The molecule has 0 saturated carbocycles. The van der Waals surface area contributed by atoms with E-state index >= 15 is 0 Å². The molecule has 0 spiro atoms. The van der Waals surface area contributed by atoms with Gasteiger partial charge in [-0.3, -0.25) is 12.6 Å². The molecule has 3 rings (SSSR count). The fourth-order valence-electron chi connectivity index (χ4n) is 2.18. The maximum absolute atomic E-state index is 8.68. The van der Waals surface area contributed by atoms with Crippen LogP contribution in [0.2, 0.25) is 0 Å². The van der Waals surface area contributed by atoms with Crippen LogP contribution in [0.25, 0.3) is 0 Å². The van der Waals surface area contributed by atoms with Crippen molar-refractivity contribution in [3.05, 3.63) is 91.0 Å². The molecule has 0 bridgehead atoms. The van der Waals surface area contributed by atoms with E-state index in [0.717, 1.165) is 0 Å². The van der Waals surface area contributed by atoms with E-state index in [4.69, 9.17) is 9.59 Å². The van der Waals surface area contributed by atoms with Crippen molar-refractivity contribution >= 4 is 36.4 Å². The van der Waals surface area contributed by atoms with Crippen molar-refractivity contribution in [2.75, 3.05) is 0 Å². The summed E-state index contributed by atoms with van der Waals surface area (Å²) in [6.45, 7) is 2.64. The van der Waals surface area contributed by atoms with E-state index in [2.05, 4.69) is 91.0 Å². The summed E-state index contributed by atoms with van der Waals surface area (Å²) in [6.07, 6.45) is 3.00. The van der Waals surface area contributed by atoms with Gasteiger partial charge in [-0.25, -0.2) is 0 Å². The molecule has 1 radical (unpaired) electrons. The summed E-state index contributed by atoms with van der Waals surface area (Å²) in [7, 11) is -0.446. The van der Waals surface area contributed by atoms with Crippen LogP contribution < -0.4 is 15.9 Å². The first kappa shape index (κ1) is 24.1. The predicted octanol–water partition coefficient (Wildman–Crippen LogP) is 3.67. The van der Waals surface area contributed by atoms with Crippen LogP contribution in [0.3, 0.4) is 0 Å². The van der Waals surface area contributed by atoms with Gasteiger partial charge in [0.2, 0.25) is 0 Å². The SMILES string of the molecule is C[C-]=O.C[C-]=O.[Rh+2].c1ccc(P(c2ccccc2)c2ccccc2)cc1. The van der Waals surface area contributed by atoms with Crippen molar-refractivity contribution in [2.24, 2.45) is 0 Å². The minimum absolute atomic E-state index is 0. The van der Waals surface area contributed by atoms with E-state index in [1.54, 1.807) is 0 Å². The Balaban J connectivity index is 0.000000793. The Morgan fingerprint density at radius 3 is 0.923 bits per heavy atom. The Kier molecular flexibility index (Phi) is 14.2. The molecule has 0 aliphatic heterocycles. The van der Waals surface area contributed by atoms with Gasteiger partial charge in [0.1, 0.15) is 0 Å². The zero-order valence-corrected chi connectivity index (χ0v) is 17.3. The van der Waals surface area contributed by atoms with E-state index < -0.39 is 7.92 Å². The molecule has 26 heavy (non-hydrogen) atoms. The summed E-state index contributed by atoms with van der Waals surface area (Å²) in [6, 6.07) is 32.3. The van der Waals surface area contributed by atoms with Crippen LogP contribution in [0.5, 0.6) is 0 Å². The van der Waals surface area contributed by atoms with Gasteiger partial charge >= 0.3 is 19.5 Å². The number of rotatable bonds is 3. The fourth-order valence-corrected chi connectivity index (χ4v) is 4.48. The minimum atomic E-state index is -0.446. The van der Waals surface area contributed by atoms with Crippen LogP contribution >= 0.6 is 7.92 Å². The molecular weight excluding hydrogens is 430 g/mol. The Bertz CT molecular complexity index is 619. The monoisotopic (exact) mass is 451 g/mol. The number of hydrogen-bond acceptors (Lipinski definition) is 2. The first-order valence-electron chi connectivity index (χ1n) is 7.81. The Labute approximate surface area is 170 Å². The van der Waals surface area contributed by atoms with Gasteiger partial charge in [-0.1, -0.05) is 91.0 Å². The summed E-state index contributed by atoms with van der Waals surface area (Å²) in [5.74, 6) is 0. The number of hydrogen-bond donors (Lipinski definition) is 0. The van der Waals surface area contributed by atoms with Gasteiger partial charge < -0.3 is 9.59 Å². The van der Waals surface area contributed by atoms with Gasteiger partial charge in [-0.05, 0) is 23.8 Å². The summed E-state index contributed by atoms with van der Waals surface area (Å²) >= 11 is 0. The van der Waals surface area contributed by atoms with E-state index in [1.165, 1.54) is 42.3 Å². The summed E-state index contributed by atoms with van der Waals surface area (Å²) in [4.78, 5) is 17.4. The summed E-state index contributed by atoms with van der Waals surface area (Å²) in [5.41, 5.74) is 0. The maximum atomic E-state index is 8.68. The molecular formula is C22H21O2PRh. The molecule has 3 aromatic rings. The van der Waals surface area contributed by atoms with Gasteiger partial charge in [-0.15, -0.1) is 0 Å². The molecule has 0 unspecified atom stereocenters. The second-order valence-corrected chi connectivity index (χ2v) is 6.97. The van der Waals surface area contributed by atoms with E-state index in [0.29, 0.717) is 0 Å². The first-order valence-corrected chi connectivity index (χ1v) is 9.15. The van der Waals surface area contributed by atoms with Gasteiger partial charge in [-0.2, -0.15) is 13.8 Å². The van der Waals surface area contributed by atoms with Gasteiger partial charge in [0, 0.05) is 0 Å². The van der Waals surface area contributed by atoms with Crippen molar-refractivity contribution in [3.63, 3.8) is 0 Å². The van der Waals surface area contributed by atoms with E-state index in [-0.39, 0.29) is 19.5 Å². The second-order valence-electron chi connectivity index (χ2n) is 4.75. The van der Waals surface area contributed by atoms with Crippen LogP contribution in [-0.4, -0.2) is 12.6 Å². The van der Waals surface area contributed by atoms with Crippen LogP contribution in [0, 0.1) is 0 Å². The van der Waals surface area contributed by atoms with E-state index in [9.17, 15) is 0 Å². The fraction of sp³-hybridized carbons (Fsp3) is 0.0909. The number of benzene rings is 3. The van der Waals surface area contributed by atoms with Crippen LogP contribution in [0.1, 0.15) is 13.8 Å². The largest absolute Gasteiger partial charge is 2.00 e. The smallest absolute Gasteiger partial charge is 0.542 e. The normalized spacial score (nSPS) is 8.73. The second kappa shape index (κ2) is 15.3. The molecule has 0 aromatic heterocycles. The Hall–Kier alpha value is -1.95. The first-order chi connectivity index (χ1) is 12.3. The Morgan fingerprint density at radius 1 is 0.538 bits per heavy atom. The maximum Gasteiger partial charge on any atom is 2.00 e. The molecule has 0 aliphatic rings. The van der Waals surface area contributed by atoms with Crippen molar-refractivity contribution < 1.29 is 29.1 Å². The van der Waals surface area contributed by atoms with Crippen LogP contribution in [-0.2, 0) is 29.1 Å². The molecule has 0 amide bonds. The third-order valence-electron chi connectivity index (χ3n) is 3.04. The van der Waals surface area contributed by atoms with Gasteiger partial charge in [0.25, 0.3) is 0 Å². The van der Waals surface area contributed by atoms with Crippen LogP contribution in [0.15, 0.2) is 91.0 Å². The Morgan fingerprint density at radius 2 is 0.731 bits per heavy atom. The molecule has 0 saturated heterocycles. The van der Waals surface area contributed by atoms with Crippen molar-refractivity contribution in [2.45, 2.75) is 13.8 Å². The number of carbonyl (C=O) groups excluding carboxylic acids is 2. The van der Waals surface area contributed by atoms with Gasteiger partial charge in [0.15, 0.2) is 0 Å². The minimum Gasteiger partial charge on any atom is -0.542 e. The molecule has 0 N–H and O–H groups in total. The molecule has 3 aromatic carbocycles. The summed E-state index contributed by atoms with van der Waals surface area (Å²) in [5, 5.41) is 4.19. The molecule has 0 atom stereocenters. The van der Waals surface area contributed by atoms with Crippen molar-refractivity contribution in [1.29, 1.82) is 0 Å². The molecule has 135 valence electrons. The van der Waals surface area contributed by atoms with E-state index in [1.807, 2.05) is 0 Å². The molecule has 0 fully saturated rings. The average molecular weight is 451 g/mol. The predicted molar refractivity (Wildman–Crippen MR) is 108 cm³/mol. The molecule has 2 nitrogen and oxygen atoms in total. The zero-order valence-electron chi connectivity index (χ0n) is 14.8. The quantitative estimate of drug-likeness (QED) is 0.346. The van der Waals surface area contributed by atoms with Gasteiger partial charge in [0.05, 0.1) is 0 Å². The standard InChI is InChI=1S/C18H15P.2C2H3O.Rh/c1-4-10-16(11-5-1)19(17-12-6-2-7-13-17)18-14-8-3-9-15-18;2*1-2-3;/h1-15H;2*1H3;/q;2*-1;+2. The molecule has 0 aliphatic carbocycles. The molecule has 4 heteroatoms. The third kappa shape index (κ3) is 8.43. The molecule has 0 heterocycles. The van der Waals surface area contributed by atoms with Crippen LogP contribution in [0.4, 0.5) is 0 Å². The summed E-state index contributed by atoms with van der Waals surface area (Å²) < 4.78 is 0. The zero-order chi connectivity index (χ0) is 18.3.